The SMILES string of the molecule is COC(=O)c1ccc(/C=N\NC(=O)c2cc(-c3ccc(OC)c(OC)c3)n[nH]2)cc1. The number of benzene rings is 2. The highest BCUT2D eigenvalue weighted by Crippen LogP contribution is 2.31. The molecule has 0 aliphatic carbocycles. The van der Waals surface area contributed by atoms with Crippen molar-refractivity contribution in [2.75, 3.05) is 21.3 Å². The average molecular weight is 408 g/mol. The summed E-state index contributed by atoms with van der Waals surface area (Å²) in [7, 11) is 4.42. The molecule has 0 atom stereocenters. The van der Waals surface area contributed by atoms with Gasteiger partial charge in [-0.3, -0.25) is 9.89 Å². The first-order valence-electron chi connectivity index (χ1n) is 8.85. The third-order valence-electron chi connectivity index (χ3n) is 4.21. The fourth-order valence-electron chi connectivity index (χ4n) is 2.63. The Morgan fingerprint density at radius 2 is 1.73 bits per heavy atom. The fourth-order valence-corrected chi connectivity index (χ4v) is 2.63. The predicted octanol–water partition coefficient (Wildman–Crippen LogP) is 2.64. The molecule has 0 saturated heterocycles. The minimum Gasteiger partial charge on any atom is -0.493 e. The second-order valence-electron chi connectivity index (χ2n) is 6.05. The second-order valence-corrected chi connectivity index (χ2v) is 6.05. The highest BCUT2D eigenvalue weighted by atomic mass is 16.5. The van der Waals surface area contributed by atoms with E-state index < -0.39 is 11.9 Å². The number of hydrogen-bond acceptors (Lipinski definition) is 7. The van der Waals surface area contributed by atoms with Gasteiger partial charge in [-0.1, -0.05) is 12.1 Å². The molecule has 3 rings (SSSR count). The Kier molecular flexibility index (Phi) is 6.43. The lowest BCUT2D eigenvalue weighted by Gasteiger charge is -2.08. The molecule has 2 aromatic carbocycles. The molecule has 9 nitrogen and oxygen atoms in total. The summed E-state index contributed by atoms with van der Waals surface area (Å²) in [5, 5.41) is 10.8. The molecule has 3 aromatic rings. The number of hydrogen-bond donors (Lipinski definition) is 2. The van der Waals surface area contributed by atoms with Crippen LogP contribution in [0.5, 0.6) is 11.5 Å². The number of aromatic amines is 1. The summed E-state index contributed by atoms with van der Waals surface area (Å²) in [4.78, 5) is 23.7. The summed E-state index contributed by atoms with van der Waals surface area (Å²) in [6.07, 6.45) is 1.46. The van der Waals surface area contributed by atoms with Gasteiger partial charge in [-0.05, 0) is 42.0 Å². The van der Waals surface area contributed by atoms with E-state index in [1.54, 1.807) is 56.7 Å². The van der Waals surface area contributed by atoms with Crippen LogP contribution in [0.4, 0.5) is 0 Å². The van der Waals surface area contributed by atoms with E-state index in [1.165, 1.54) is 13.3 Å². The lowest BCUT2D eigenvalue weighted by Crippen LogP contribution is -2.18. The number of aromatic nitrogens is 2. The molecule has 0 radical (unpaired) electrons. The third kappa shape index (κ3) is 4.64. The van der Waals surface area contributed by atoms with Crippen LogP contribution in [0.25, 0.3) is 11.3 Å². The Hall–Kier alpha value is -4.14. The summed E-state index contributed by atoms with van der Waals surface area (Å²) in [5.41, 5.74) is 5.14. The second kappa shape index (κ2) is 9.37. The summed E-state index contributed by atoms with van der Waals surface area (Å²) >= 11 is 0. The zero-order chi connectivity index (χ0) is 21.5. The highest BCUT2D eigenvalue weighted by Gasteiger charge is 2.12. The number of methoxy groups -OCH3 is 3. The average Bonchev–Trinajstić information content (AvgIpc) is 3.29. The number of H-pyrrole nitrogens is 1. The van der Waals surface area contributed by atoms with Gasteiger partial charge in [-0.2, -0.15) is 10.2 Å². The Bertz CT molecular complexity index is 1070. The quantitative estimate of drug-likeness (QED) is 0.353. The first-order valence-corrected chi connectivity index (χ1v) is 8.85. The molecule has 0 saturated carbocycles. The van der Waals surface area contributed by atoms with Crippen LogP contribution in [0, 0.1) is 0 Å². The van der Waals surface area contributed by atoms with E-state index in [0.717, 1.165) is 5.56 Å². The zero-order valence-corrected chi connectivity index (χ0v) is 16.6. The first kappa shape index (κ1) is 20.6. The molecule has 1 aromatic heterocycles. The van der Waals surface area contributed by atoms with Crippen molar-refractivity contribution in [2.45, 2.75) is 0 Å². The molecule has 1 amide bonds. The van der Waals surface area contributed by atoms with Gasteiger partial charge in [0.25, 0.3) is 5.91 Å². The highest BCUT2D eigenvalue weighted by molar-refractivity contribution is 5.94. The molecule has 9 heteroatoms. The van der Waals surface area contributed by atoms with Crippen molar-refractivity contribution in [1.29, 1.82) is 0 Å². The number of ether oxygens (including phenoxy) is 3. The molecule has 0 spiro atoms. The van der Waals surface area contributed by atoms with Crippen LogP contribution in [0.3, 0.4) is 0 Å². The van der Waals surface area contributed by atoms with Gasteiger partial charge in [0.15, 0.2) is 11.5 Å². The number of esters is 1. The maximum absolute atomic E-state index is 12.3. The zero-order valence-electron chi connectivity index (χ0n) is 16.6. The van der Waals surface area contributed by atoms with E-state index in [9.17, 15) is 9.59 Å². The number of nitrogens with one attached hydrogen (secondary N) is 2. The van der Waals surface area contributed by atoms with Crippen LogP contribution in [0.15, 0.2) is 53.6 Å². The van der Waals surface area contributed by atoms with Crippen molar-refractivity contribution in [3.05, 3.63) is 65.4 Å². The van der Waals surface area contributed by atoms with Crippen molar-refractivity contribution >= 4 is 18.1 Å². The van der Waals surface area contributed by atoms with Crippen molar-refractivity contribution in [2.24, 2.45) is 5.10 Å². The molecule has 0 aliphatic rings. The summed E-state index contributed by atoms with van der Waals surface area (Å²) in [5.74, 6) is 0.295. The van der Waals surface area contributed by atoms with Crippen molar-refractivity contribution < 1.29 is 23.8 Å². The first-order chi connectivity index (χ1) is 14.5. The van der Waals surface area contributed by atoms with E-state index >= 15 is 0 Å². The van der Waals surface area contributed by atoms with Gasteiger partial charge in [0, 0.05) is 5.56 Å². The lowest BCUT2D eigenvalue weighted by molar-refractivity contribution is 0.0600. The van der Waals surface area contributed by atoms with E-state index in [2.05, 4.69) is 25.5 Å². The molecule has 0 unspecified atom stereocenters. The molecular weight excluding hydrogens is 388 g/mol. The number of rotatable bonds is 7. The monoisotopic (exact) mass is 408 g/mol. The number of hydrazone groups is 1. The van der Waals surface area contributed by atoms with Crippen LogP contribution >= 0.6 is 0 Å². The fraction of sp³-hybridized carbons (Fsp3) is 0.143. The topological polar surface area (TPSA) is 115 Å². The maximum Gasteiger partial charge on any atom is 0.337 e. The standard InChI is InChI=1S/C21H20N4O5/c1-28-18-9-8-15(10-19(18)29-2)16-11-17(24-23-16)20(26)25-22-12-13-4-6-14(7-5-13)21(27)30-3/h4-12H,1-3H3,(H,23,24)(H,25,26)/b22-12-. The molecule has 0 aliphatic heterocycles. The van der Waals surface area contributed by atoms with Crippen LogP contribution in [0.1, 0.15) is 26.4 Å². The summed E-state index contributed by atoms with van der Waals surface area (Å²) in [6.45, 7) is 0. The normalized spacial score (nSPS) is 10.6. The number of nitrogens with zero attached hydrogens (tertiary/aromatic N) is 2. The number of carbonyl (C=O) groups excluding carboxylic acids is 2. The molecule has 0 bridgehead atoms. The lowest BCUT2D eigenvalue weighted by atomic mass is 10.1. The van der Waals surface area contributed by atoms with Gasteiger partial charge in [-0.15, -0.1) is 0 Å². The Balaban J connectivity index is 1.65. The van der Waals surface area contributed by atoms with Gasteiger partial charge in [0.2, 0.25) is 0 Å². The Morgan fingerprint density at radius 3 is 2.40 bits per heavy atom. The largest absolute Gasteiger partial charge is 0.493 e. The minimum atomic E-state index is -0.448. The summed E-state index contributed by atoms with van der Waals surface area (Å²) in [6, 6.07) is 13.6. The van der Waals surface area contributed by atoms with E-state index in [4.69, 9.17) is 9.47 Å². The van der Waals surface area contributed by atoms with Gasteiger partial charge in [0.05, 0.1) is 38.8 Å². The Labute approximate surface area is 172 Å². The van der Waals surface area contributed by atoms with E-state index in [-0.39, 0.29) is 5.69 Å². The van der Waals surface area contributed by atoms with E-state index in [1.807, 2.05) is 6.07 Å². The van der Waals surface area contributed by atoms with Gasteiger partial charge < -0.3 is 14.2 Å². The van der Waals surface area contributed by atoms with Crippen LogP contribution in [-0.2, 0) is 4.74 Å². The molecular formula is C21H20N4O5. The minimum absolute atomic E-state index is 0.248. The van der Waals surface area contributed by atoms with Gasteiger partial charge in [-0.25, -0.2) is 10.2 Å². The predicted molar refractivity (Wildman–Crippen MR) is 110 cm³/mol. The smallest absolute Gasteiger partial charge is 0.337 e. The van der Waals surface area contributed by atoms with Crippen molar-refractivity contribution in [3.63, 3.8) is 0 Å². The molecule has 154 valence electrons. The van der Waals surface area contributed by atoms with Crippen LogP contribution in [-0.4, -0.2) is 49.6 Å². The van der Waals surface area contributed by atoms with Crippen LogP contribution < -0.4 is 14.9 Å². The van der Waals surface area contributed by atoms with E-state index in [0.29, 0.717) is 28.3 Å². The molecule has 1 heterocycles. The van der Waals surface area contributed by atoms with Crippen molar-refractivity contribution in [3.8, 4) is 22.8 Å². The molecule has 0 fully saturated rings. The summed E-state index contributed by atoms with van der Waals surface area (Å²) < 4.78 is 15.2. The molecule has 2 N–H and O–H groups in total. The van der Waals surface area contributed by atoms with Crippen LogP contribution in [0.2, 0.25) is 0 Å². The molecule has 30 heavy (non-hydrogen) atoms. The van der Waals surface area contributed by atoms with Crippen molar-refractivity contribution in [1.82, 2.24) is 15.6 Å². The number of amides is 1. The van der Waals surface area contributed by atoms with Gasteiger partial charge in [0.1, 0.15) is 5.69 Å². The Morgan fingerprint density at radius 1 is 1.00 bits per heavy atom. The third-order valence-corrected chi connectivity index (χ3v) is 4.21. The number of carbonyl (C=O) groups is 2. The van der Waals surface area contributed by atoms with Gasteiger partial charge >= 0.3 is 5.97 Å². The maximum atomic E-state index is 12.3.